The number of furan rings is 1. The zero-order valence-electron chi connectivity index (χ0n) is 33.1. The minimum atomic E-state index is 0.627. The normalized spacial score (nSPS) is 11.6. The van der Waals surface area contributed by atoms with Gasteiger partial charge in [0.2, 0.25) is 5.71 Å². The van der Waals surface area contributed by atoms with Crippen molar-refractivity contribution in [1.29, 1.82) is 0 Å². The molecule has 0 bridgehead atoms. The summed E-state index contributed by atoms with van der Waals surface area (Å²) in [4.78, 5) is 7.17. The molecule has 0 aliphatic heterocycles. The lowest BCUT2D eigenvalue weighted by molar-refractivity contribution is 0.654. The SMILES string of the molecule is c1ccc(-c2ccc(N(c3ccc(-c4ccc(-n5c6ccccc6c6cc7ccccc7cc65)cc4)cc3)c3cnc4oc5ccccc5c4c3)cc2-c2ccccc2)cc1. The van der Waals surface area contributed by atoms with E-state index in [1.807, 2.05) is 24.4 Å². The maximum Gasteiger partial charge on any atom is 0.227 e. The minimum Gasteiger partial charge on any atom is -0.438 e. The summed E-state index contributed by atoms with van der Waals surface area (Å²) in [6.07, 6.45) is 1.92. The molecule has 0 atom stereocenters. The quantitative estimate of drug-likeness (QED) is 0.162. The van der Waals surface area contributed by atoms with Gasteiger partial charge < -0.3 is 13.9 Å². The Kier molecular flexibility index (Phi) is 8.13. The second kappa shape index (κ2) is 14.3. The van der Waals surface area contributed by atoms with E-state index in [0.717, 1.165) is 61.4 Å². The molecule has 0 fully saturated rings. The first kappa shape index (κ1) is 34.8. The first-order valence-electron chi connectivity index (χ1n) is 20.7. The highest BCUT2D eigenvalue weighted by Gasteiger charge is 2.20. The summed E-state index contributed by atoms with van der Waals surface area (Å²) in [6.45, 7) is 0. The van der Waals surface area contributed by atoms with E-state index in [0.29, 0.717) is 5.71 Å². The molecule has 12 rings (SSSR count). The third-order valence-corrected chi connectivity index (χ3v) is 12.0. The second-order valence-corrected chi connectivity index (χ2v) is 15.6. The highest BCUT2D eigenvalue weighted by Crippen LogP contribution is 2.43. The summed E-state index contributed by atoms with van der Waals surface area (Å²) < 4.78 is 8.56. The van der Waals surface area contributed by atoms with Gasteiger partial charge in [-0.1, -0.05) is 152 Å². The molecular formula is C57H37N3O. The zero-order valence-corrected chi connectivity index (χ0v) is 33.1. The Labute approximate surface area is 352 Å². The predicted molar refractivity (Wildman–Crippen MR) is 254 cm³/mol. The number of nitrogens with zero attached hydrogens (tertiary/aromatic N) is 3. The van der Waals surface area contributed by atoms with Gasteiger partial charge in [-0.05, 0) is 111 Å². The van der Waals surface area contributed by atoms with Crippen molar-refractivity contribution < 1.29 is 4.42 Å². The van der Waals surface area contributed by atoms with Crippen LogP contribution in [0.25, 0.3) is 93.7 Å². The summed E-state index contributed by atoms with van der Waals surface area (Å²) in [7, 11) is 0. The van der Waals surface area contributed by atoms with E-state index in [1.54, 1.807) is 0 Å². The first-order valence-corrected chi connectivity index (χ1v) is 20.7. The molecule has 0 amide bonds. The van der Waals surface area contributed by atoms with Crippen molar-refractivity contribution >= 4 is 71.7 Å². The molecule has 0 saturated carbocycles. The summed E-state index contributed by atoms with van der Waals surface area (Å²) in [6, 6.07) is 78.2. The number of para-hydroxylation sites is 2. The Morgan fingerprint density at radius 2 is 0.984 bits per heavy atom. The van der Waals surface area contributed by atoms with Crippen LogP contribution < -0.4 is 4.90 Å². The van der Waals surface area contributed by atoms with Gasteiger partial charge in [0, 0.05) is 33.2 Å². The largest absolute Gasteiger partial charge is 0.438 e. The van der Waals surface area contributed by atoms with Crippen LogP contribution in [0.15, 0.2) is 229 Å². The molecule has 286 valence electrons. The van der Waals surface area contributed by atoms with E-state index >= 15 is 0 Å². The van der Waals surface area contributed by atoms with E-state index in [4.69, 9.17) is 9.40 Å². The van der Waals surface area contributed by atoms with E-state index in [2.05, 4.69) is 210 Å². The molecule has 0 N–H and O–H groups in total. The van der Waals surface area contributed by atoms with Gasteiger partial charge in [0.25, 0.3) is 0 Å². The lowest BCUT2D eigenvalue weighted by Gasteiger charge is -2.27. The molecule has 3 aromatic heterocycles. The smallest absolute Gasteiger partial charge is 0.227 e. The Bertz CT molecular complexity index is 3570. The summed E-state index contributed by atoms with van der Waals surface area (Å²) in [5, 5.41) is 7.04. The maximum atomic E-state index is 6.16. The number of anilines is 3. The number of hydrogen-bond acceptors (Lipinski definition) is 3. The molecule has 61 heavy (non-hydrogen) atoms. The molecule has 0 unspecified atom stereocenters. The van der Waals surface area contributed by atoms with Crippen LogP contribution in [0.3, 0.4) is 0 Å². The number of fused-ring (bicyclic) bond motifs is 7. The van der Waals surface area contributed by atoms with Gasteiger partial charge in [-0.25, -0.2) is 4.98 Å². The first-order chi connectivity index (χ1) is 30.2. The molecule has 0 spiro atoms. The lowest BCUT2D eigenvalue weighted by Crippen LogP contribution is -2.10. The number of benzene rings is 9. The Hall–Kier alpha value is -8.21. The highest BCUT2D eigenvalue weighted by molar-refractivity contribution is 6.13. The fraction of sp³-hybridized carbons (Fsp3) is 0. The average molecular weight is 780 g/mol. The Balaban J connectivity index is 0.962. The van der Waals surface area contributed by atoms with Gasteiger partial charge in [0.15, 0.2) is 0 Å². The van der Waals surface area contributed by atoms with Crippen LogP contribution in [0.2, 0.25) is 0 Å². The molecule has 0 aliphatic rings. The van der Waals surface area contributed by atoms with Crippen molar-refractivity contribution in [2.24, 2.45) is 0 Å². The van der Waals surface area contributed by atoms with Crippen molar-refractivity contribution in [1.82, 2.24) is 9.55 Å². The summed E-state index contributed by atoms with van der Waals surface area (Å²) in [5.41, 5.74) is 15.0. The summed E-state index contributed by atoms with van der Waals surface area (Å²) >= 11 is 0. The minimum absolute atomic E-state index is 0.627. The van der Waals surface area contributed by atoms with Gasteiger partial charge in [0.05, 0.1) is 28.3 Å². The van der Waals surface area contributed by atoms with Crippen LogP contribution in [-0.2, 0) is 0 Å². The van der Waals surface area contributed by atoms with E-state index < -0.39 is 0 Å². The van der Waals surface area contributed by atoms with Gasteiger partial charge in [-0.2, -0.15) is 0 Å². The van der Waals surface area contributed by atoms with E-state index in [-0.39, 0.29) is 0 Å². The second-order valence-electron chi connectivity index (χ2n) is 15.6. The standard InChI is InChI=1S/C57H37N3O/c1-3-13-40(14-4-1)48-32-31-46(35-51(48)41-15-5-2-6-16-41)59(47-36-53-50-20-10-12-22-56(50)61-57(53)58-37-47)44-27-23-38(24-28-44)39-25-29-45(30-26-39)60-54-21-11-9-19-49(54)52-33-42-17-7-8-18-43(42)34-55(52)60/h1-37H. The van der Waals surface area contributed by atoms with Crippen molar-refractivity contribution in [2.45, 2.75) is 0 Å². The van der Waals surface area contributed by atoms with Crippen LogP contribution in [0.5, 0.6) is 0 Å². The van der Waals surface area contributed by atoms with Crippen LogP contribution in [-0.4, -0.2) is 9.55 Å². The van der Waals surface area contributed by atoms with Gasteiger partial charge in [0.1, 0.15) is 5.58 Å². The number of aromatic nitrogens is 2. The third kappa shape index (κ3) is 5.96. The zero-order chi connectivity index (χ0) is 40.3. The summed E-state index contributed by atoms with van der Waals surface area (Å²) in [5.74, 6) is 0. The van der Waals surface area contributed by atoms with Gasteiger partial charge in [-0.15, -0.1) is 0 Å². The Morgan fingerprint density at radius 1 is 0.377 bits per heavy atom. The third-order valence-electron chi connectivity index (χ3n) is 12.0. The van der Waals surface area contributed by atoms with Crippen LogP contribution >= 0.6 is 0 Å². The molecule has 12 aromatic rings. The lowest BCUT2D eigenvalue weighted by atomic mass is 9.93. The number of pyridine rings is 1. The average Bonchev–Trinajstić information content (AvgIpc) is 3.86. The van der Waals surface area contributed by atoms with E-state index in [1.165, 1.54) is 43.7 Å². The van der Waals surface area contributed by atoms with Crippen molar-refractivity contribution in [2.75, 3.05) is 4.90 Å². The van der Waals surface area contributed by atoms with Crippen LogP contribution in [0.4, 0.5) is 17.1 Å². The topological polar surface area (TPSA) is 34.2 Å². The molecule has 9 aromatic carbocycles. The van der Waals surface area contributed by atoms with Crippen molar-refractivity contribution in [3.63, 3.8) is 0 Å². The molecule has 0 radical (unpaired) electrons. The van der Waals surface area contributed by atoms with Crippen molar-refractivity contribution in [3.8, 4) is 39.1 Å². The molecule has 4 heteroatoms. The number of rotatable bonds is 7. The highest BCUT2D eigenvalue weighted by atomic mass is 16.3. The predicted octanol–water partition coefficient (Wildman–Crippen LogP) is 15.7. The molecule has 0 aliphatic carbocycles. The van der Waals surface area contributed by atoms with Crippen LogP contribution in [0.1, 0.15) is 0 Å². The fourth-order valence-corrected chi connectivity index (χ4v) is 9.10. The van der Waals surface area contributed by atoms with Gasteiger partial charge in [-0.3, -0.25) is 0 Å². The molecular weight excluding hydrogens is 743 g/mol. The molecule has 4 nitrogen and oxygen atoms in total. The fourth-order valence-electron chi connectivity index (χ4n) is 9.10. The van der Waals surface area contributed by atoms with Crippen LogP contribution in [0, 0.1) is 0 Å². The van der Waals surface area contributed by atoms with E-state index in [9.17, 15) is 0 Å². The molecule has 3 heterocycles. The maximum absolute atomic E-state index is 6.16. The monoisotopic (exact) mass is 779 g/mol. The van der Waals surface area contributed by atoms with Gasteiger partial charge >= 0.3 is 0 Å². The van der Waals surface area contributed by atoms with Crippen molar-refractivity contribution in [3.05, 3.63) is 225 Å². The Morgan fingerprint density at radius 3 is 1.74 bits per heavy atom. The molecule has 0 saturated heterocycles. The number of hydrogen-bond donors (Lipinski definition) is 0.